The molecule has 3 unspecified atom stereocenters. The molecule has 130 valence electrons. The fraction of sp³-hybridized carbons (Fsp3) is 0.579. The smallest absolute Gasteiger partial charge is 0.228 e. The molecule has 2 saturated heterocycles. The van der Waals surface area contributed by atoms with Crippen molar-refractivity contribution in [3.63, 3.8) is 0 Å². The average Bonchev–Trinajstić information content (AvgIpc) is 3.12. The Kier molecular flexibility index (Phi) is 4.90. The molecular weight excluding hydrogens is 302 g/mol. The number of carbonyl (C=O) groups is 2. The van der Waals surface area contributed by atoms with Gasteiger partial charge in [-0.1, -0.05) is 29.8 Å². The fourth-order valence-corrected chi connectivity index (χ4v) is 3.86. The normalized spacial score (nSPS) is 27.1. The monoisotopic (exact) mass is 329 g/mol. The lowest BCUT2D eigenvalue weighted by Crippen LogP contribution is -2.39. The summed E-state index contributed by atoms with van der Waals surface area (Å²) in [6.45, 7) is 6.60. The molecule has 1 aromatic carbocycles. The molecule has 2 N–H and O–H groups in total. The summed E-state index contributed by atoms with van der Waals surface area (Å²) >= 11 is 0. The van der Waals surface area contributed by atoms with Crippen LogP contribution in [0.5, 0.6) is 0 Å². The topological polar surface area (TPSA) is 66.6 Å². The van der Waals surface area contributed by atoms with Crippen LogP contribution in [-0.2, 0) is 16.1 Å². The summed E-state index contributed by atoms with van der Waals surface area (Å²) in [6, 6.07) is 8.43. The van der Waals surface area contributed by atoms with Gasteiger partial charge in [-0.3, -0.25) is 9.59 Å². The third-order valence-electron chi connectivity index (χ3n) is 5.34. The first-order valence-corrected chi connectivity index (χ1v) is 8.81. The van der Waals surface area contributed by atoms with Crippen LogP contribution in [0.25, 0.3) is 0 Å². The number of carbonyl (C=O) groups excluding carboxylic acids is 2. The zero-order chi connectivity index (χ0) is 17.3. The van der Waals surface area contributed by atoms with Crippen LogP contribution in [0.1, 0.15) is 30.9 Å². The minimum absolute atomic E-state index is 0.0798. The number of benzene rings is 1. The highest BCUT2D eigenvalue weighted by Gasteiger charge is 2.40. The lowest BCUT2D eigenvalue weighted by molar-refractivity contribution is -0.136. The van der Waals surface area contributed by atoms with E-state index in [0.717, 1.165) is 18.5 Å². The Labute approximate surface area is 143 Å². The molecular formula is C19H27N3O2. The number of amides is 2. The standard InChI is InChI=1S/C19H27N3O2/c1-13-3-5-15(6-4-13)10-21-12-17(8-18(21)23)19(24)22-11-16(9-20)7-14(22)2/h3-6,14,16-17H,7-12,20H2,1-2H3. The third kappa shape index (κ3) is 3.46. The highest BCUT2D eigenvalue weighted by molar-refractivity contribution is 5.89. The van der Waals surface area contributed by atoms with Crippen LogP contribution in [0.4, 0.5) is 0 Å². The van der Waals surface area contributed by atoms with Crippen molar-refractivity contribution >= 4 is 11.8 Å². The van der Waals surface area contributed by atoms with Gasteiger partial charge in [0.25, 0.3) is 0 Å². The molecule has 3 rings (SSSR count). The van der Waals surface area contributed by atoms with Gasteiger partial charge in [-0.25, -0.2) is 0 Å². The van der Waals surface area contributed by atoms with E-state index in [1.807, 2.05) is 28.9 Å². The molecule has 0 radical (unpaired) electrons. The predicted molar refractivity (Wildman–Crippen MR) is 93.0 cm³/mol. The Bertz CT molecular complexity index is 614. The largest absolute Gasteiger partial charge is 0.339 e. The van der Waals surface area contributed by atoms with Gasteiger partial charge in [-0.2, -0.15) is 0 Å². The van der Waals surface area contributed by atoms with Crippen LogP contribution < -0.4 is 5.73 Å². The number of nitrogens with zero attached hydrogens (tertiary/aromatic N) is 2. The average molecular weight is 329 g/mol. The molecule has 2 fully saturated rings. The van der Waals surface area contributed by atoms with Crippen molar-refractivity contribution in [2.45, 2.75) is 39.3 Å². The summed E-state index contributed by atoms with van der Waals surface area (Å²) in [4.78, 5) is 28.9. The number of rotatable bonds is 4. The highest BCUT2D eigenvalue weighted by atomic mass is 16.2. The van der Waals surface area contributed by atoms with Crippen molar-refractivity contribution in [2.75, 3.05) is 19.6 Å². The maximum atomic E-state index is 12.8. The lowest BCUT2D eigenvalue weighted by Gasteiger charge is -2.25. The molecule has 2 heterocycles. The van der Waals surface area contributed by atoms with Crippen LogP contribution in [0.3, 0.4) is 0 Å². The third-order valence-corrected chi connectivity index (χ3v) is 5.34. The van der Waals surface area contributed by atoms with Crippen molar-refractivity contribution in [2.24, 2.45) is 17.6 Å². The number of nitrogens with two attached hydrogens (primary N) is 1. The molecule has 3 atom stereocenters. The van der Waals surface area contributed by atoms with Crippen molar-refractivity contribution in [3.8, 4) is 0 Å². The molecule has 1 aromatic rings. The zero-order valence-electron chi connectivity index (χ0n) is 14.6. The van der Waals surface area contributed by atoms with Crippen molar-refractivity contribution in [1.29, 1.82) is 0 Å². The molecule has 5 heteroatoms. The molecule has 0 aromatic heterocycles. The quantitative estimate of drug-likeness (QED) is 0.911. The van der Waals surface area contributed by atoms with Gasteiger partial charge in [-0.15, -0.1) is 0 Å². The van der Waals surface area contributed by atoms with Crippen LogP contribution in [0.2, 0.25) is 0 Å². The second-order valence-electron chi connectivity index (χ2n) is 7.34. The Morgan fingerprint density at radius 1 is 1.25 bits per heavy atom. The van der Waals surface area contributed by atoms with E-state index < -0.39 is 0 Å². The second kappa shape index (κ2) is 6.93. The molecule has 2 aliphatic rings. The van der Waals surface area contributed by atoms with Gasteiger partial charge in [0, 0.05) is 32.1 Å². The molecule has 24 heavy (non-hydrogen) atoms. The van der Waals surface area contributed by atoms with Gasteiger partial charge in [0.15, 0.2) is 0 Å². The predicted octanol–water partition coefficient (Wildman–Crippen LogP) is 1.54. The van der Waals surface area contributed by atoms with E-state index in [9.17, 15) is 9.59 Å². The fourth-order valence-electron chi connectivity index (χ4n) is 3.86. The summed E-state index contributed by atoms with van der Waals surface area (Å²) in [5, 5.41) is 0. The van der Waals surface area contributed by atoms with E-state index in [2.05, 4.69) is 19.1 Å². The summed E-state index contributed by atoms with van der Waals surface area (Å²) in [6.07, 6.45) is 1.30. The molecule has 0 aliphatic carbocycles. The maximum Gasteiger partial charge on any atom is 0.228 e. The van der Waals surface area contributed by atoms with Gasteiger partial charge in [0.2, 0.25) is 11.8 Å². The summed E-state index contributed by atoms with van der Waals surface area (Å²) < 4.78 is 0. The number of hydrogen-bond acceptors (Lipinski definition) is 3. The van der Waals surface area contributed by atoms with Crippen LogP contribution in [-0.4, -0.2) is 47.3 Å². The van der Waals surface area contributed by atoms with Gasteiger partial charge in [0.1, 0.15) is 0 Å². The number of hydrogen-bond donors (Lipinski definition) is 1. The first-order valence-electron chi connectivity index (χ1n) is 8.81. The first-order chi connectivity index (χ1) is 11.5. The SMILES string of the molecule is Cc1ccc(CN2CC(C(=O)N3CC(CN)CC3C)CC2=O)cc1. The molecule has 0 spiro atoms. The summed E-state index contributed by atoms with van der Waals surface area (Å²) in [7, 11) is 0. The van der Waals surface area contributed by atoms with Crippen molar-refractivity contribution < 1.29 is 9.59 Å². The van der Waals surface area contributed by atoms with Gasteiger partial charge in [-0.05, 0) is 38.3 Å². The lowest BCUT2D eigenvalue weighted by atomic mass is 10.1. The molecule has 5 nitrogen and oxygen atoms in total. The minimum atomic E-state index is -0.207. The van der Waals surface area contributed by atoms with E-state index in [-0.39, 0.29) is 23.8 Å². The van der Waals surface area contributed by atoms with Crippen LogP contribution in [0, 0.1) is 18.8 Å². The Balaban J connectivity index is 1.62. The van der Waals surface area contributed by atoms with Crippen LogP contribution in [0.15, 0.2) is 24.3 Å². The van der Waals surface area contributed by atoms with Crippen molar-refractivity contribution in [1.82, 2.24) is 9.80 Å². The minimum Gasteiger partial charge on any atom is -0.339 e. The van der Waals surface area contributed by atoms with E-state index >= 15 is 0 Å². The summed E-state index contributed by atoms with van der Waals surface area (Å²) in [5.41, 5.74) is 8.07. The summed E-state index contributed by atoms with van der Waals surface area (Å²) in [5.74, 6) is 0.390. The van der Waals surface area contributed by atoms with E-state index in [1.165, 1.54) is 5.56 Å². The molecule has 0 bridgehead atoms. The van der Waals surface area contributed by atoms with Gasteiger partial charge >= 0.3 is 0 Å². The highest BCUT2D eigenvalue weighted by Crippen LogP contribution is 2.28. The van der Waals surface area contributed by atoms with Gasteiger partial charge in [0.05, 0.1) is 5.92 Å². The Morgan fingerprint density at radius 2 is 1.96 bits per heavy atom. The second-order valence-corrected chi connectivity index (χ2v) is 7.34. The number of likely N-dealkylation sites (tertiary alicyclic amines) is 2. The van der Waals surface area contributed by atoms with Gasteiger partial charge < -0.3 is 15.5 Å². The van der Waals surface area contributed by atoms with Crippen molar-refractivity contribution in [3.05, 3.63) is 35.4 Å². The molecule has 2 amide bonds. The number of aryl methyl sites for hydroxylation is 1. The Hall–Kier alpha value is -1.88. The zero-order valence-corrected chi connectivity index (χ0v) is 14.6. The van der Waals surface area contributed by atoms with E-state index in [4.69, 9.17) is 5.73 Å². The Morgan fingerprint density at radius 3 is 2.58 bits per heavy atom. The molecule has 0 saturated carbocycles. The maximum absolute atomic E-state index is 12.8. The van der Waals surface area contributed by atoms with E-state index in [0.29, 0.717) is 32.0 Å². The molecule has 2 aliphatic heterocycles. The van der Waals surface area contributed by atoms with E-state index in [1.54, 1.807) is 0 Å². The first kappa shape index (κ1) is 17.0. The van der Waals surface area contributed by atoms with Crippen LogP contribution >= 0.6 is 0 Å².